The van der Waals surface area contributed by atoms with Gasteiger partial charge in [-0.3, -0.25) is 4.79 Å². The number of carbonyl (C=O) groups is 1. The summed E-state index contributed by atoms with van der Waals surface area (Å²) >= 11 is 0. The number of carbonyl (C=O) groups excluding carboxylic acids is 1. The molecule has 1 aromatic heterocycles. The van der Waals surface area contributed by atoms with Crippen molar-refractivity contribution in [3.05, 3.63) is 42.1 Å². The average molecular weight is 301 g/mol. The normalized spacial score (nSPS) is 10.4. The van der Waals surface area contributed by atoms with E-state index in [9.17, 15) is 4.79 Å². The zero-order valence-electron chi connectivity index (χ0n) is 12.8. The number of ether oxygens (including phenoxy) is 2. The number of anilines is 2. The number of amides is 1. The molecule has 0 unspecified atom stereocenters. The van der Waals surface area contributed by atoms with Crippen LogP contribution in [0.25, 0.3) is 0 Å². The first-order chi connectivity index (χ1) is 10.5. The van der Waals surface area contributed by atoms with Crippen LogP contribution in [-0.2, 0) is 0 Å². The lowest BCUT2D eigenvalue weighted by atomic mass is 10.2. The Morgan fingerprint density at radius 3 is 2.64 bits per heavy atom. The molecule has 0 bridgehead atoms. The van der Waals surface area contributed by atoms with Crippen molar-refractivity contribution in [1.29, 1.82) is 0 Å². The average Bonchev–Trinajstić information content (AvgIpc) is 2.48. The lowest BCUT2D eigenvalue weighted by Gasteiger charge is -2.15. The second-order valence-electron chi connectivity index (χ2n) is 4.96. The van der Waals surface area contributed by atoms with E-state index >= 15 is 0 Å². The van der Waals surface area contributed by atoms with Crippen molar-refractivity contribution < 1.29 is 14.3 Å². The molecule has 0 aliphatic heterocycles. The van der Waals surface area contributed by atoms with Crippen LogP contribution in [0.15, 0.2) is 36.5 Å². The van der Waals surface area contributed by atoms with Crippen LogP contribution in [0.4, 0.5) is 11.5 Å². The van der Waals surface area contributed by atoms with Crippen molar-refractivity contribution in [1.82, 2.24) is 4.98 Å². The number of methoxy groups -OCH3 is 1. The molecule has 6 heteroatoms. The summed E-state index contributed by atoms with van der Waals surface area (Å²) in [4.78, 5) is 16.0. The van der Waals surface area contributed by atoms with Gasteiger partial charge in [0.1, 0.15) is 5.82 Å². The summed E-state index contributed by atoms with van der Waals surface area (Å²) in [7, 11) is 1.55. The third-order valence-electron chi connectivity index (χ3n) is 2.83. The Kier molecular flexibility index (Phi) is 4.83. The largest absolute Gasteiger partial charge is 0.493 e. The topological polar surface area (TPSA) is 86.5 Å². The van der Waals surface area contributed by atoms with Gasteiger partial charge in [0, 0.05) is 23.5 Å². The molecule has 0 spiro atoms. The maximum Gasteiger partial charge on any atom is 0.255 e. The number of nitrogens with zero attached hydrogens (tertiary/aromatic N) is 1. The smallest absolute Gasteiger partial charge is 0.255 e. The van der Waals surface area contributed by atoms with E-state index in [1.807, 2.05) is 13.8 Å². The monoisotopic (exact) mass is 301 g/mol. The van der Waals surface area contributed by atoms with Gasteiger partial charge in [0.2, 0.25) is 0 Å². The molecular weight excluding hydrogens is 282 g/mol. The number of nitrogens with one attached hydrogen (secondary N) is 1. The van der Waals surface area contributed by atoms with Crippen LogP contribution >= 0.6 is 0 Å². The van der Waals surface area contributed by atoms with Gasteiger partial charge in [0.05, 0.1) is 13.2 Å². The number of hydrogen-bond donors (Lipinski definition) is 2. The lowest BCUT2D eigenvalue weighted by molar-refractivity contribution is 0.102. The van der Waals surface area contributed by atoms with Crippen molar-refractivity contribution in [3.63, 3.8) is 0 Å². The van der Waals surface area contributed by atoms with Crippen molar-refractivity contribution in [2.24, 2.45) is 0 Å². The summed E-state index contributed by atoms with van der Waals surface area (Å²) in [5, 5.41) is 2.78. The van der Waals surface area contributed by atoms with E-state index in [4.69, 9.17) is 15.2 Å². The second kappa shape index (κ2) is 6.80. The van der Waals surface area contributed by atoms with E-state index in [0.29, 0.717) is 28.6 Å². The number of rotatable bonds is 5. The molecule has 0 atom stereocenters. The van der Waals surface area contributed by atoms with Crippen LogP contribution in [0.3, 0.4) is 0 Å². The molecule has 0 radical (unpaired) electrons. The van der Waals surface area contributed by atoms with Crippen molar-refractivity contribution in [3.8, 4) is 11.5 Å². The molecule has 0 saturated heterocycles. The zero-order chi connectivity index (χ0) is 16.1. The first kappa shape index (κ1) is 15.6. The van der Waals surface area contributed by atoms with Crippen LogP contribution in [0.2, 0.25) is 0 Å². The highest BCUT2D eigenvalue weighted by molar-refractivity contribution is 6.04. The summed E-state index contributed by atoms with van der Waals surface area (Å²) in [5.74, 6) is 1.21. The number of benzene rings is 1. The van der Waals surface area contributed by atoms with Gasteiger partial charge >= 0.3 is 0 Å². The van der Waals surface area contributed by atoms with Crippen LogP contribution in [0, 0.1) is 0 Å². The summed E-state index contributed by atoms with van der Waals surface area (Å²) < 4.78 is 10.9. The zero-order valence-corrected chi connectivity index (χ0v) is 12.8. The summed E-state index contributed by atoms with van der Waals surface area (Å²) in [5.41, 5.74) is 6.62. The Hall–Kier alpha value is -2.76. The number of nitrogens with two attached hydrogens (primary N) is 1. The molecule has 1 amide bonds. The van der Waals surface area contributed by atoms with E-state index in [-0.39, 0.29) is 12.0 Å². The van der Waals surface area contributed by atoms with Crippen molar-refractivity contribution in [2.75, 3.05) is 18.2 Å². The first-order valence-corrected chi connectivity index (χ1v) is 6.87. The standard InChI is InChI=1S/C16H19N3O3/c1-10(2)22-13-5-4-12(9-14(13)21-3)19-16(20)11-6-7-18-15(17)8-11/h4-10H,1-3H3,(H2,17,18)(H,19,20). The van der Waals surface area contributed by atoms with Gasteiger partial charge < -0.3 is 20.5 Å². The number of nitrogen functional groups attached to an aromatic ring is 1. The maximum absolute atomic E-state index is 12.2. The minimum atomic E-state index is -0.270. The quantitative estimate of drug-likeness (QED) is 0.886. The van der Waals surface area contributed by atoms with E-state index < -0.39 is 0 Å². The Bertz CT molecular complexity index is 671. The van der Waals surface area contributed by atoms with E-state index in [1.54, 1.807) is 31.4 Å². The molecule has 0 aliphatic carbocycles. The van der Waals surface area contributed by atoms with Gasteiger partial charge in [0.15, 0.2) is 11.5 Å². The third kappa shape index (κ3) is 3.88. The van der Waals surface area contributed by atoms with E-state index in [0.717, 1.165) is 0 Å². The maximum atomic E-state index is 12.2. The van der Waals surface area contributed by atoms with Crippen LogP contribution < -0.4 is 20.5 Å². The van der Waals surface area contributed by atoms with E-state index in [2.05, 4.69) is 10.3 Å². The van der Waals surface area contributed by atoms with Crippen LogP contribution in [0.5, 0.6) is 11.5 Å². The minimum absolute atomic E-state index is 0.0362. The summed E-state index contributed by atoms with van der Waals surface area (Å²) in [6.45, 7) is 3.87. The highest BCUT2D eigenvalue weighted by Crippen LogP contribution is 2.31. The van der Waals surface area contributed by atoms with Crippen molar-refractivity contribution >= 4 is 17.4 Å². The predicted octanol–water partition coefficient (Wildman–Crippen LogP) is 2.71. The number of pyridine rings is 1. The molecule has 0 saturated carbocycles. The third-order valence-corrected chi connectivity index (χ3v) is 2.83. The highest BCUT2D eigenvalue weighted by Gasteiger charge is 2.11. The molecule has 2 rings (SSSR count). The Balaban J connectivity index is 2.17. The molecule has 6 nitrogen and oxygen atoms in total. The van der Waals surface area contributed by atoms with Gasteiger partial charge in [-0.2, -0.15) is 0 Å². The minimum Gasteiger partial charge on any atom is -0.493 e. The second-order valence-corrected chi connectivity index (χ2v) is 4.96. The van der Waals surface area contributed by atoms with Crippen molar-refractivity contribution in [2.45, 2.75) is 20.0 Å². The first-order valence-electron chi connectivity index (χ1n) is 6.87. The molecule has 1 heterocycles. The van der Waals surface area contributed by atoms with E-state index in [1.165, 1.54) is 12.3 Å². The Labute approximate surface area is 129 Å². The molecule has 0 fully saturated rings. The fraction of sp³-hybridized carbons (Fsp3) is 0.250. The van der Waals surface area contributed by atoms with Gasteiger partial charge in [-0.15, -0.1) is 0 Å². The number of aromatic nitrogens is 1. The fourth-order valence-electron chi connectivity index (χ4n) is 1.89. The molecule has 22 heavy (non-hydrogen) atoms. The Morgan fingerprint density at radius 1 is 1.23 bits per heavy atom. The van der Waals surface area contributed by atoms with Gasteiger partial charge in [0.25, 0.3) is 5.91 Å². The van der Waals surface area contributed by atoms with Crippen LogP contribution in [-0.4, -0.2) is 24.1 Å². The molecule has 1 aromatic carbocycles. The molecule has 2 aromatic rings. The van der Waals surface area contributed by atoms with Gasteiger partial charge in [-0.1, -0.05) is 0 Å². The summed E-state index contributed by atoms with van der Waals surface area (Å²) in [6.07, 6.45) is 1.53. The predicted molar refractivity (Wildman–Crippen MR) is 85.4 cm³/mol. The Morgan fingerprint density at radius 2 is 2.00 bits per heavy atom. The highest BCUT2D eigenvalue weighted by atomic mass is 16.5. The number of hydrogen-bond acceptors (Lipinski definition) is 5. The fourth-order valence-corrected chi connectivity index (χ4v) is 1.89. The summed E-state index contributed by atoms with van der Waals surface area (Å²) in [6, 6.07) is 8.33. The SMILES string of the molecule is COc1cc(NC(=O)c2ccnc(N)c2)ccc1OC(C)C. The van der Waals surface area contributed by atoms with Gasteiger partial charge in [-0.25, -0.2) is 4.98 Å². The van der Waals surface area contributed by atoms with Crippen LogP contribution in [0.1, 0.15) is 24.2 Å². The lowest BCUT2D eigenvalue weighted by Crippen LogP contribution is -2.13. The van der Waals surface area contributed by atoms with Gasteiger partial charge in [-0.05, 0) is 38.1 Å². The molecule has 3 N–H and O–H groups in total. The molecule has 0 aliphatic rings. The molecular formula is C16H19N3O3. The molecule has 116 valence electrons.